The first-order valence-corrected chi connectivity index (χ1v) is 14.5. The molecule has 3 aromatic rings. The van der Waals surface area contributed by atoms with Crippen LogP contribution in [0.25, 0.3) is 11.3 Å². The van der Waals surface area contributed by atoms with E-state index in [0.717, 1.165) is 38.0 Å². The number of aliphatic hydroxyl groups is 1. The Hall–Kier alpha value is -4.50. The summed E-state index contributed by atoms with van der Waals surface area (Å²) in [4.78, 5) is 38.4. The SMILES string of the molecule is Cc1cc(Nc2nccc(-c3cc(C#N)c4c(c3)C(C)(CO)CN4C(=O)OC(C)(C)C)n2)n(CC(=O)N2CCCCC2)n1. The molecule has 43 heavy (non-hydrogen) atoms. The van der Waals surface area contributed by atoms with E-state index in [2.05, 4.69) is 21.5 Å². The third kappa shape index (κ3) is 6.32. The number of aryl methyl sites for hydroxylation is 1. The number of nitrogens with one attached hydrogen (secondary N) is 1. The highest BCUT2D eigenvalue weighted by Gasteiger charge is 2.44. The number of aliphatic hydroxyl groups excluding tert-OH is 1. The van der Waals surface area contributed by atoms with Crippen molar-refractivity contribution in [3.05, 3.63) is 47.3 Å². The highest BCUT2D eigenvalue weighted by atomic mass is 16.6. The number of rotatable bonds is 6. The fourth-order valence-corrected chi connectivity index (χ4v) is 5.57. The number of amides is 2. The summed E-state index contributed by atoms with van der Waals surface area (Å²) >= 11 is 0. The van der Waals surface area contributed by atoms with Gasteiger partial charge in [-0.15, -0.1) is 0 Å². The molecule has 0 radical (unpaired) electrons. The maximum absolute atomic E-state index is 13.1. The number of aromatic nitrogens is 4. The van der Waals surface area contributed by atoms with Crippen molar-refractivity contribution < 1.29 is 19.4 Å². The average molecular weight is 587 g/mol. The van der Waals surface area contributed by atoms with Crippen LogP contribution in [0.2, 0.25) is 0 Å². The van der Waals surface area contributed by atoms with E-state index in [-0.39, 0.29) is 31.2 Å². The van der Waals surface area contributed by atoms with Gasteiger partial charge in [0.1, 0.15) is 24.0 Å². The number of anilines is 3. The molecule has 2 amide bonds. The largest absolute Gasteiger partial charge is 0.443 e. The number of likely N-dealkylation sites (tertiary alicyclic amines) is 1. The van der Waals surface area contributed by atoms with Gasteiger partial charge >= 0.3 is 6.09 Å². The van der Waals surface area contributed by atoms with Crippen molar-refractivity contribution in [1.29, 1.82) is 5.26 Å². The molecule has 1 fully saturated rings. The van der Waals surface area contributed by atoms with E-state index in [1.54, 1.807) is 43.8 Å². The number of hydrogen-bond donors (Lipinski definition) is 2. The van der Waals surface area contributed by atoms with Crippen LogP contribution < -0.4 is 10.2 Å². The third-order valence-corrected chi connectivity index (χ3v) is 7.71. The second kappa shape index (κ2) is 11.6. The summed E-state index contributed by atoms with van der Waals surface area (Å²) in [5, 5.41) is 28.2. The fourth-order valence-electron chi connectivity index (χ4n) is 5.57. The van der Waals surface area contributed by atoms with E-state index in [1.807, 2.05) is 30.9 Å². The van der Waals surface area contributed by atoms with Crippen molar-refractivity contribution in [2.75, 3.05) is 36.5 Å². The van der Waals surface area contributed by atoms with E-state index in [4.69, 9.17) is 9.72 Å². The van der Waals surface area contributed by atoms with Crippen molar-refractivity contribution in [3.8, 4) is 17.3 Å². The first-order chi connectivity index (χ1) is 20.4. The van der Waals surface area contributed by atoms with Gasteiger partial charge in [-0.25, -0.2) is 19.4 Å². The molecular formula is C31H38N8O4. The van der Waals surface area contributed by atoms with Gasteiger partial charge in [-0.1, -0.05) is 6.92 Å². The number of benzene rings is 1. The molecule has 0 aliphatic carbocycles. The predicted octanol–water partition coefficient (Wildman–Crippen LogP) is 4.28. The monoisotopic (exact) mass is 586 g/mol. The lowest BCUT2D eigenvalue weighted by atomic mass is 9.83. The van der Waals surface area contributed by atoms with Gasteiger partial charge in [0, 0.05) is 42.9 Å². The quantitative estimate of drug-likeness (QED) is 0.431. The van der Waals surface area contributed by atoms with Gasteiger partial charge in [0.15, 0.2) is 0 Å². The maximum Gasteiger partial charge on any atom is 0.414 e. The molecule has 5 rings (SSSR count). The van der Waals surface area contributed by atoms with E-state index in [1.165, 1.54) is 4.90 Å². The number of carbonyl (C=O) groups excluding carboxylic acids is 2. The normalized spacial score (nSPS) is 18.3. The summed E-state index contributed by atoms with van der Waals surface area (Å²) in [6.45, 7) is 10.6. The van der Waals surface area contributed by atoms with Gasteiger partial charge in [-0.3, -0.25) is 9.69 Å². The molecule has 0 saturated carbocycles. The first-order valence-electron chi connectivity index (χ1n) is 14.5. The number of piperidine rings is 1. The summed E-state index contributed by atoms with van der Waals surface area (Å²) in [7, 11) is 0. The number of carbonyl (C=O) groups is 2. The minimum absolute atomic E-state index is 0.0232. The predicted molar refractivity (Wildman–Crippen MR) is 161 cm³/mol. The molecule has 2 aromatic heterocycles. The lowest BCUT2D eigenvalue weighted by Crippen LogP contribution is -2.40. The maximum atomic E-state index is 13.1. The Labute approximate surface area is 251 Å². The Balaban J connectivity index is 1.45. The van der Waals surface area contributed by atoms with Crippen LogP contribution in [0.4, 0.5) is 22.2 Å². The fraction of sp³-hybridized carbons (Fsp3) is 0.484. The van der Waals surface area contributed by atoms with Crippen LogP contribution in [0.15, 0.2) is 30.5 Å². The van der Waals surface area contributed by atoms with E-state index >= 15 is 0 Å². The van der Waals surface area contributed by atoms with E-state index in [0.29, 0.717) is 34.3 Å². The van der Waals surface area contributed by atoms with Crippen molar-refractivity contribution in [3.63, 3.8) is 0 Å². The van der Waals surface area contributed by atoms with Crippen molar-refractivity contribution in [1.82, 2.24) is 24.6 Å². The lowest BCUT2D eigenvalue weighted by Gasteiger charge is -2.26. The van der Waals surface area contributed by atoms with E-state index < -0.39 is 17.1 Å². The average Bonchev–Trinajstić information content (AvgIpc) is 3.48. The van der Waals surface area contributed by atoms with Crippen LogP contribution in [0.5, 0.6) is 0 Å². The molecular weight excluding hydrogens is 548 g/mol. The van der Waals surface area contributed by atoms with Crippen LogP contribution in [0, 0.1) is 18.3 Å². The summed E-state index contributed by atoms with van der Waals surface area (Å²) < 4.78 is 7.24. The number of nitrogens with zero attached hydrogens (tertiary/aromatic N) is 7. The molecule has 4 heterocycles. The molecule has 0 spiro atoms. The molecule has 0 bridgehead atoms. The smallest absolute Gasteiger partial charge is 0.414 e. The van der Waals surface area contributed by atoms with Crippen LogP contribution >= 0.6 is 0 Å². The van der Waals surface area contributed by atoms with Gasteiger partial charge in [0.25, 0.3) is 0 Å². The molecule has 2 aliphatic rings. The number of nitriles is 1. The number of ether oxygens (including phenoxy) is 1. The van der Waals surface area contributed by atoms with Gasteiger partial charge in [0.2, 0.25) is 11.9 Å². The summed E-state index contributed by atoms with van der Waals surface area (Å²) in [6, 6.07) is 9.32. The van der Waals surface area contributed by atoms with Gasteiger partial charge < -0.3 is 20.1 Å². The van der Waals surface area contributed by atoms with Crippen LogP contribution in [0.1, 0.15) is 63.8 Å². The molecule has 1 atom stereocenters. The number of hydrogen-bond acceptors (Lipinski definition) is 9. The Morgan fingerprint density at radius 1 is 1.19 bits per heavy atom. The number of fused-ring (bicyclic) bond motifs is 1. The molecule has 1 unspecified atom stereocenters. The highest BCUT2D eigenvalue weighted by Crippen LogP contribution is 2.45. The first kappa shape index (κ1) is 30.0. The van der Waals surface area contributed by atoms with Crippen LogP contribution in [-0.2, 0) is 21.5 Å². The molecule has 12 heteroatoms. The highest BCUT2D eigenvalue weighted by molar-refractivity contribution is 5.95. The molecule has 2 aliphatic heterocycles. The van der Waals surface area contributed by atoms with Gasteiger partial charge in [-0.2, -0.15) is 10.4 Å². The molecule has 226 valence electrons. The van der Waals surface area contributed by atoms with Crippen LogP contribution in [0.3, 0.4) is 0 Å². The standard InChI is InChI=1S/C31H38N8O4/c1-20-13-25(39(36-20)17-26(41)37-11-7-6-8-12-37)35-28-33-10-9-24(34-28)21-14-22(16-32)27-23(15-21)31(5,19-40)18-38(27)29(42)43-30(2,3)4/h9-10,13-15,40H,6-8,11-12,17-19H2,1-5H3,(H,33,34,35). The third-order valence-electron chi connectivity index (χ3n) is 7.71. The van der Waals surface area contributed by atoms with Crippen LogP contribution in [-0.4, -0.2) is 73.6 Å². The Morgan fingerprint density at radius 2 is 1.93 bits per heavy atom. The zero-order valence-corrected chi connectivity index (χ0v) is 25.3. The molecule has 1 aromatic carbocycles. The Bertz CT molecular complexity index is 1580. The van der Waals surface area contributed by atoms with Crippen molar-refractivity contribution in [2.24, 2.45) is 0 Å². The van der Waals surface area contributed by atoms with Crippen molar-refractivity contribution in [2.45, 2.75) is 71.4 Å². The van der Waals surface area contributed by atoms with E-state index in [9.17, 15) is 20.0 Å². The molecule has 12 nitrogen and oxygen atoms in total. The Morgan fingerprint density at radius 3 is 2.60 bits per heavy atom. The zero-order chi connectivity index (χ0) is 30.9. The van der Waals surface area contributed by atoms with Crippen molar-refractivity contribution >= 4 is 29.5 Å². The summed E-state index contributed by atoms with van der Waals surface area (Å²) in [6.07, 6.45) is 4.21. The summed E-state index contributed by atoms with van der Waals surface area (Å²) in [5.41, 5.74) is 1.76. The van der Waals surface area contributed by atoms with Gasteiger partial charge in [0.05, 0.1) is 29.2 Å². The Kier molecular flexibility index (Phi) is 8.12. The second-order valence-corrected chi connectivity index (χ2v) is 12.5. The van der Waals surface area contributed by atoms with Gasteiger partial charge in [-0.05, 0) is 70.7 Å². The molecule has 1 saturated heterocycles. The minimum atomic E-state index is -0.813. The second-order valence-electron chi connectivity index (χ2n) is 12.5. The minimum Gasteiger partial charge on any atom is -0.443 e. The summed E-state index contributed by atoms with van der Waals surface area (Å²) in [5.74, 6) is 0.908. The zero-order valence-electron chi connectivity index (χ0n) is 25.3. The lowest BCUT2D eigenvalue weighted by molar-refractivity contribution is -0.132. The molecule has 2 N–H and O–H groups in total. The topological polar surface area (TPSA) is 150 Å².